The van der Waals surface area contributed by atoms with Crippen molar-refractivity contribution >= 4 is 28.6 Å². The molecule has 5 heterocycles. The Morgan fingerprint density at radius 2 is 1.68 bits per heavy atom. The number of fused-ring (bicyclic) bond motifs is 3. The van der Waals surface area contributed by atoms with Crippen molar-refractivity contribution in [1.82, 2.24) is 0 Å². The highest BCUT2D eigenvalue weighted by Gasteiger charge is 2.50. The lowest BCUT2D eigenvalue weighted by molar-refractivity contribution is -0.946. The largest absolute Gasteiger partial charge is 0.453 e. The number of hydrogen-bond acceptors (Lipinski definition) is 5. The van der Waals surface area contributed by atoms with Gasteiger partial charge in [0.25, 0.3) is 0 Å². The molecule has 2 bridgehead atoms. The summed E-state index contributed by atoms with van der Waals surface area (Å²) in [5.74, 6) is -0.140. The molecule has 0 spiro atoms. The van der Waals surface area contributed by atoms with Crippen molar-refractivity contribution in [3.63, 3.8) is 0 Å². The number of quaternary nitrogens is 1. The molecule has 0 aliphatic carbocycles. The molecule has 31 heavy (non-hydrogen) atoms. The molecule has 3 aliphatic rings. The molecule has 3 aromatic rings. The van der Waals surface area contributed by atoms with Gasteiger partial charge in [-0.2, -0.15) is 22.7 Å². The average Bonchev–Trinajstić information content (AvgIpc) is 3.54. The molecule has 0 radical (unpaired) electrons. The standard InChI is InChI=1S/C25H28NO3S2/c27-24(25(28,21-9-14-30-17-21)22-10-15-31-18-22)29-23-16-26(12-7-20(23)8-13-26)11-6-19-4-2-1-3-5-19/h1-5,9-10,14-15,17-18,20,23,28H,6-8,11-13,16H2/q+1. The van der Waals surface area contributed by atoms with Gasteiger partial charge in [-0.25, -0.2) is 4.79 Å². The van der Waals surface area contributed by atoms with E-state index in [9.17, 15) is 9.90 Å². The zero-order chi connectivity index (χ0) is 21.3. The second-order valence-corrected chi connectivity index (χ2v) is 10.5. The first-order chi connectivity index (χ1) is 15.1. The van der Waals surface area contributed by atoms with Crippen LogP contribution in [0.1, 0.15) is 29.5 Å². The zero-order valence-electron chi connectivity index (χ0n) is 17.5. The molecule has 6 heteroatoms. The first kappa shape index (κ1) is 20.9. The smallest absolute Gasteiger partial charge is 0.348 e. The monoisotopic (exact) mass is 454 g/mol. The summed E-state index contributed by atoms with van der Waals surface area (Å²) in [6, 6.07) is 14.3. The summed E-state index contributed by atoms with van der Waals surface area (Å²) in [6.45, 7) is 4.24. The van der Waals surface area contributed by atoms with Crippen LogP contribution in [-0.2, 0) is 21.6 Å². The van der Waals surface area contributed by atoms with E-state index in [1.165, 1.54) is 28.2 Å². The number of aliphatic hydroxyl groups is 1. The van der Waals surface area contributed by atoms with E-state index in [1.807, 2.05) is 33.7 Å². The van der Waals surface area contributed by atoms with Crippen LogP contribution in [-0.4, -0.2) is 47.8 Å². The average molecular weight is 455 g/mol. The molecular formula is C25H28NO3S2+. The number of carbonyl (C=O) groups excluding carboxylic acids is 1. The molecule has 162 valence electrons. The third-order valence-electron chi connectivity index (χ3n) is 7.19. The molecule has 3 fully saturated rings. The quantitative estimate of drug-likeness (QED) is 0.424. The number of carbonyl (C=O) groups is 1. The Morgan fingerprint density at radius 3 is 2.26 bits per heavy atom. The number of ether oxygens (including phenoxy) is 1. The van der Waals surface area contributed by atoms with Gasteiger partial charge in [0.1, 0.15) is 6.54 Å². The molecule has 6 rings (SSSR count). The van der Waals surface area contributed by atoms with Gasteiger partial charge in [-0.05, 0) is 39.2 Å². The number of piperidine rings is 3. The van der Waals surface area contributed by atoms with Crippen molar-refractivity contribution in [3.05, 3.63) is 80.7 Å². The van der Waals surface area contributed by atoms with E-state index in [2.05, 4.69) is 30.3 Å². The highest BCUT2D eigenvalue weighted by Crippen LogP contribution is 2.39. The second kappa shape index (κ2) is 8.51. The Kier molecular flexibility index (Phi) is 5.73. The van der Waals surface area contributed by atoms with Crippen molar-refractivity contribution < 1.29 is 19.1 Å². The van der Waals surface area contributed by atoms with E-state index in [0.717, 1.165) is 49.9 Å². The van der Waals surface area contributed by atoms with Crippen LogP contribution in [0, 0.1) is 5.92 Å². The summed E-state index contributed by atoms with van der Waals surface area (Å²) in [7, 11) is 0. The molecule has 3 saturated heterocycles. The third kappa shape index (κ3) is 3.98. The molecule has 2 aromatic heterocycles. The molecule has 3 aliphatic heterocycles. The van der Waals surface area contributed by atoms with Gasteiger partial charge >= 0.3 is 5.97 Å². The van der Waals surface area contributed by atoms with Gasteiger partial charge in [0.2, 0.25) is 5.60 Å². The van der Waals surface area contributed by atoms with Gasteiger partial charge < -0.3 is 14.3 Å². The fourth-order valence-corrected chi connectivity index (χ4v) is 6.64. The topological polar surface area (TPSA) is 46.5 Å². The number of hydrogen-bond donors (Lipinski definition) is 1. The van der Waals surface area contributed by atoms with E-state index < -0.39 is 11.6 Å². The van der Waals surface area contributed by atoms with Gasteiger partial charge in [-0.15, -0.1) is 0 Å². The lowest BCUT2D eigenvalue weighted by atomic mass is 9.82. The van der Waals surface area contributed by atoms with Gasteiger partial charge in [0, 0.05) is 36.3 Å². The Labute approximate surface area is 191 Å². The highest BCUT2D eigenvalue weighted by atomic mass is 32.1. The van der Waals surface area contributed by atoms with Crippen LogP contribution in [0.5, 0.6) is 0 Å². The lowest BCUT2D eigenvalue weighted by Crippen LogP contribution is -2.65. The van der Waals surface area contributed by atoms with Gasteiger partial charge in [-0.1, -0.05) is 30.3 Å². The number of thiophene rings is 2. The van der Waals surface area contributed by atoms with Gasteiger partial charge in [-0.3, -0.25) is 0 Å². The van der Waals surface area contributed by atoms with Crippen LogP contribution in [0.4, 0.5) is 0 Å². The van der Waals surface area contributed by atoms with Crippen LogP contribution in [0.3, 0.4) is 0 Å². The van der Waals surface area contributed by atoms with Gasteiger partial charge in [0.15, 0.2) is 6.10 Å². The van der Waals surface area contributed by atoms with Crippen LogP contribution in [0.2, 0.25) is 0 Å². The van der Waals surface area contributed by atoms with Crippen molar-refractivity contribution in [2.75, 3.05) is 26.2 Å². The SMILES string of the molecule is O=C(OC1C[N+]2(CCc3ccccc3)CCC1CC2)C(O)(c1ccsc1)c1ccsc1. The van der Waals surface area contributed by atoms with Crippen LogP contribution in [0.15, 0.2) is 64.0 Å². The second-order valence-electron chi connectivity index (χ2n) is 8.95. The molecule has 4 nitrogen and oxygen atoms in total. The Hall–Kier alpha value is -1.99. The van der Waals surface area contributed by atoms with Gasteiger partial charge in [0.05, 0.1) is 19.6 Å². The molecule has 0 saturated carbocycles. The van der Waals surface area contributed by atoms with Crippen LogP contribution < -0.4 is 0 Å². The number of rotatable bonds is 7. The van der Waals surface area contributed by atoms with Crippen LogP contribution in [0.25, 0.3) is 0 Å². The van der Waals surface area contributed by atoms with E-state index in [4.69, 9.17) is 4.74 Å². The van der Waals surface area contributed by atoms with Crippen molar-refractivity contribution in [2.45, 2.75) is 31.0 Å². The first-order valence-electron chi connectivity index (χ1n) is 11.0. The Morgan fingerprint density at radius 1 is 1.03 bits per heavy atom. The fraction of sp³-hybridized carbons (Fsp3) is 0.400. The fourth-order valence-electron chi connectivity index (χ4n) is 5.25. The predicted octanol–water partition coefficient (Wildman–Crippen LogP) is 4.44. The third-order valence-corrected chi connectivity index (χ3v) is 8.56. The number of nitrogens with zero attached hydrogens (tertiary/aromatic N) is 1. The summed E-state index contributed by atoms with van der Waals surface area (Å²) < 4.78 is 7.13. The van der Waals surface area contributed by atoms with Crippen molar-refractivity contribution in [1.29, 1.82) is 0 Å². The zero-order valence-corrected chi connectivity index (χ0v) is 19.1. The summed E-state index contributed by atoms with van der Waals surface area (Å²) >= 11 is 2.95. The molecule has 0 amide bonds. The Bertz CT molecular complexity index is 959. The minimum Gasteiger partial charge on any atom is -0.453 e. The minimum absolute atomic E-state index is 0.130. The molecule has 1 aromatic carbocycles. The van der Waals surface area contributed by atoms with E-state index in [0.29, 0.717) is 17.0 Å². The lowest BCUT2D eigenvalue weighted by Gasteiger charge is -2.52. The number of benzene rings is 1. The summed E-state index contributed by atoms with van der Waals surface area (Å²) in [4.78, 5) is 13.4. The van der Waals surface area contributed by atoms with Crippen molar-refractivity contribution in [2.24, 2.45) is 5.92 Å². The molecular weight excluding hydrogens is 426 g/mol. The van der Waals surface area contributed by atoms with E-state index in [-0.39, 0.29) is 6.10 Å². The maximum Gasteiger partial charge on any atom is 0.348 e. The first-order valence-corrected chi connectivity index (χ1v) is 12.9. The van der Waals surface area contributed by atoms with Crippen molar-refractivity contribution in [3.8, 4) is 0 Å². The summed E-state index contributed by atoms with van der Waals surface area (Å²) in [6.07, 6.45) is 3.08. The maximum atomic E-state index is 13.4. The maximum absolute atomic E-state index is 13.4. The molecule has 1 atom stereocenters. The van der Waals surface area contributed by atoms with E-state index in [1.54, 1.807) is 0 Å². The van der Waals surface area contributed by atoms with Crippen LogP contribution >= 0.6 is 22.7 Å². The minimum atomic E-state index is -1.74. The van der Waals surface area contributed by atoms with E-state index >= 15 is 0 Å². The Balaban J connectivity index is 1.33. The summed E-state index contributed by atoms with van der Waals surface area (Å²) in [5, 5.41) is 19.0. The molecule has 1 N–H and O–H groups in total. The predicted molar refractivity (Wildman–Crippen MR) is 124 cm³/mol. The number of esters is 1. The molecule has 1 unspecified atom stereocenters. The summed E-state index contributed by atoms with van der Waals surface area (Å²) in [5.41, 5.74) is 0.812. The highest BCUT2D eigenvalue weighted by molar-refractivity contribution is 7.08. The normalized spacial score (nSPS) is 25.5.